The summed E-state index contributed by atoms with van der Waals surface area (Å²) in [5, 5.41) is 10.6. The van der Waals surface area contributed by atoms with E-state index < -0.39 is 0 Å². The monoisotopic (exact) mass is 528 g/mol. The van der Waals surface area contributed by atoms with E-state index >= 15 is 0 Å². The molecule has 0 aliphatic carbocycles. The highest BCUT2D eigenvalue weighted by atomic mass is 16.5. The van der Waals surface area contributed by atoms with Crippen LogP contribution in [0.4, 0.5) is 0 Å². The van der Waals surface area contributed by atoms with Crippen LogP contribution in [0.1, 0.15) is 52.7 Å². The maximum Gasteiger partial charge on any atom is 0.258 e. The Morgan fingerprint density at radius 2 is 0.800 bits per heavy atom. The molecule has 2 heterocycles. The number of hydrogen-bond donors (Lipinski definition) is 0. The summed E-state index contributed by atoms with van der Waals surface area (Å²) >= 11 is 0. The Hall–Kier alpha value is -4.58. The second kappa shape index (κ2) is 9.56. The lowest BCUT2D eigenvalue weighted by molar-refractivity contribution is 0.432. The minimum Gasteiger partial charge on any atom is -0.334 e. The van der Waals surface area contributed by atoms with Gasteiger partial charge in [-0.3, -0.25) is 0 Å². The number of hydrogen-bond acceptors (Lipinski definition) is 6. The summed E-state index contributed by atoms with van der Waals surface area (Å²) in [6.07, 6.45) is 0. The molecule has 0 fully saturated rings. The van der Waals surface area contributed by atoms with Crippen LogP contribution >= 0.6 is 0 Å². The summed E-state index contributed by atoms with van der Waals surface area (Å²) in [4.78, 5) is 9.31. The van der Waals surface area contributed by atoms with Crippen LogP contribution in [0.5, 0.6) is 0 Å². The second-order valence-electron chi connectivity index (χ2n) is 12.3. The van der Waals surface area contributed by atoms with E-state index in [0.29, 0.717) is 23.4 Å². The Labute approximate surface area is 234 Å². The van der Waals surface area contributed by atoms with Crippen molar-refractivity contribution in [2.75, 3.05) is 0 Å². The number of aromatic nitrogens is 4. The molecule has 0 amide bonds. The first-order chi connectivity index (χ1) is 19.0. The van der Waals surface area contributed by atoms with Gasteiger partial charge in [0.25, 0.3) is 11.8 Å². The first-order valence-corrected chi connectivity index (χ1v) is 13.5. The van der Waals surface area contributed by atoms with Crippen LogP contribution in [0.3, 0.4) is 0 Å². The molecular formula is C34H32N4O2. The quantitative estimate of drug-likeness (QED) is 0.227. The number of rotatable bonds is 4. The summed E-state index contributed by atoms with van der Waals surface area (Å²) in [5.41, 5.74) is 6.29. The van der Waals surface area contributed by atoms with Gasteiger partial charge in [-0.15, -0.1) is 0 Å². The highest BCUT2D eigenvalue weighted by Crippen LogP contribution is 2.31. The Kier molecular flexibility index (Phi) is 6.14. The van der Waals surface area contributed by atoms with E-state index in [4.69, 9.17) is 9.05 Å². The summed E-state index contributed by atoms with van der Waals surface area (Å²) in [6, 6.07) is 28.8. The molecule has 6 heteroatoms. The molecule has 6 nitrogen and oxygen atoms in total. The third-order valence-electron chi connectivity index (χ3n) is 7.20. The molecule has 2 aromatic heterocycles. The standard InChI is InChI=1S/C34H32N4O2/c1-33(2,3)27-15-11-21(12-16-27)31-35-29(37-39-31)25-9-7-24-20-26(10-8-23(24)19-25)30-36-32(40-38-30)22-13-17-28(18-14-22)34(4,5)6/h7-20H,1-6H3. The van der Waals surface area contributed by atoms with Gasteiger partial charge in [-0.2, -0.15) is 9.97 Å². The van der Waals surface area contributed by atoms with Gasteiger partial charge in [0.2, 0.25) is 11.6 Å². The fraction of sp³-hybridized carbons (Fsp3) is 0.235. The normalized spacial score (nSPS) is 12.2. The van der Waals surface area contributed by atoms with E-state index in [2.05, 4.69) is 110 Å². The molecule has 0 atom stereocenters. The van der Waals surface area contributed by atoms with Gasteiger partial charge in [-0.25, -0.2) is 0 Å². The maximum atomic E-state index is 5.59. The van der Waals surface area contributed by atoms with Gasteiger partial charge in [0.05, 0.1) is 0 Å². The average Bonchev–Trinajstić information content (AvgIpc) is 3.63. The Morgan fingerprint density at radius 3 is 1.15 bits per heavy atom. The number of fused-ring (bicyclic) bond motifs is 1. The molecule has 6 aromatic rings. The Morgan fingerprint density at radius 1 is 0.450 bits per heavy atom. The van der Waals surface area contributed by atoms with Crippen LogP contribution in [0.2, 0.25) is 0 Å². The van der Waals surface area contributed by atoms with Gasteiger partial charge in [0.1, 0.15) is 0 Å². The Balaban J connectivity index is 1.23. The van der Waals surface area contributed by atoms with Crippen LogP contribution in [0.15, 0.2) is 94.0 Å². The molecule has 40 heavy (non-hydrogen) atoms. The van der Waals surface area contributed by atoms with Crippen molar-refractivity contribution >= 4 is 10.8 Å². The molecule has 0 aliphatic heterocycles. The van der Waals surface area contributed by atoms with Crippen molar-refractivity contribution in [3.8, 4) is 45.7 Å². The predicted octanol–water partition coefficient (Wildman–Crippen LogP) is 8.87. The molecule has 0 radical (unpaired) electrons. The summed E-state index contributed by atoms with van der Waals surface area (Å²) in [5.74, 6) is 2.13. The van der Waals surface area contributed by atoms with Crippen LogP contribution in [-0.4, -0.2) is 20.3 Å². The minimum absolute atomic E-state index is 0.0912. The van der Waals surface area contributed by atoms with Gasteiger partial charge in [0, 0.05) is 22.3 Å². The SMILES string of the molecule is CC(C)(C)c1ccc(-c2nc(-c3ccc4cc(-c5noc(-c6ccc(C(C)(C)C)cc6)n5)ccc4c3)no2)cc1. The van der Waals surface area contributed by atoms with E-state index in [1.165, 1.54) is 11.1 Å². The van der Waals surface area contributed by atoms with Crippen molar-refractivity contribution in [3.63, 3.8) is 0 Å². The fourth-order valence-electron chi connectivity index (χ4n) is 4.67. The molecule has 0 saturated heterocycles. The topological polar surface area (TPSA) is 77.8 Å². The van der Waals surface area contributed by atoms with Crippen molar-refractivity contribution in [1.82, 2.24) is 20.3 Å². The molecule has 6 rings (SSSR count). The van der Waals surface area contributed by atoms with E-state index in [-0.39, 0.29) is 10.8 Å². The van der Waals surface area contributed by atoms with Crippen LogP contribution < -0.4 is 0 Å². The van der Waals surface area contributed by atoms with Crippen LogP contribution in [-0.2, 0) is 10.8 Å². The summed E-state index contributed by atoms with van der Waals surface area (Å²) in [7, 11) is 0. The van der Waals surface area contributed by atoms with Gasteiger partial charge in [-0.05, 0) is 69.1 Å². The van der Waals surface area contributed by atoms with Crippen molar-refractivity contribution in [3.05, 3.63) is 96.1 Å². The van der Waals surface area contributed by atoms with Crippen molar-refractivity contribution < 1.29 is 9.05 Å². The predicted molar refractivity (Wildman–Crippen MR) is 159 cm³/mol. The lowest BCUT2D eigenvalue weighted by atomic mass is 9.87. The molecule has 0 N–H and O–H groups in total. The first kappa shape index (κ1) is 25.7. The molecule has 0 saturated carbocycles. The summed E-state index contributed by atoms with van der Waals surface area (Å²) in [6.45, 7) is 13.2. The lowest BCUT2D eigenvalue weighted by Gasteiger charge is -2.18. The van der Waals surface area contributed by atoms with Crippen LogP contribution in [0, 0.1) is 0 Å². The zero-order valence-corrected chi connectivity index (χ0v) is 23.7. The van der Waals surface area contributed by atoms with Crippen molar-refractivity contribution in [2.45, 2.75) is 52.4 Å². The molecule has 0 aliphatic rings. The molecular weight excluding hydrogens is 496 g/mol. The number of nitrogens with zero attached hydrogens (tertiary/aromatic N) is 4. The molecule has 4 aromatic carbocycles. The molecule has 0 spiro atoms. The number of benzene rings is 4. The third-order valence-corrected chi connectivity index (χ3v) is 7.20. The average molecular weight is 529 g/mol. The maximum absolute atomic E-state index is 5.59. The minimum atomic E-state index is 0.0912. The largest absolute Gasteiger partial charge is 0.334 e. The van der Waals surface area contributed by atoms with Gasteiger partial charge in [-0.1, -0.05) is 100 Å². The zero-order chi connectivity index (χ0) is 28.1. The highest BCUT2D eigenvalue weighted by molar-refractivity contribution is 5.89. The highest BCUT2D eigenvalue weighted by Gasteiger charge is 2.17. The molecule has 0 bridgehead atoms. The first-order valence-electron chi connectivity index (χ1n) is 13.5. The third kappa shape index (κ3) is 5.05. The van der Waals surface area contributed by atoms with E-state index in [0.717, 1.165) is 33.0 Å². The van der Waals surface area contributed by atoms with E-state index in [1.54, 1.807) is 0 Å². The molecule has 0 unspecified atom stereocenters. The fourth-order valence-corrected chi connectivity index (χ4v) is 4.67. The van der Waals surface area contributed by atoms with E-state index in [1.807, 2.05) is 36.4 Å². The summed E-state index contributed by atoms with van der Waals surface area (Å²) < 4.78 is 11.2. The lowest BCUT2D eigenvalue weighted by Crippen LogP contribution is -2.10. The van der Waals surface area contributed by atoms with Gasteiger partial charge in [0.15, 0.2) is 0 Å². The second-order valence-corrected chi connectivity index (χ2v) is 12.3. The van der Waals surface area contributed by atoms with Crippen molar-refractivity contribution in [2.24, 2.45) is 0 Å². The Bertz CT molecular complexity index is 1660. The smallest absolute Gasteiger partial charge is 0.258 e. The zero-order valence-electron chi connectivity index (χ0n) is 23.7. The van der Waals surface area contributed by atoms with Gasteiger partial charge < -0.3 is 9.05 Å². The van der Waals surface area contributed by atoms with Crippen LogP contribution in [0.25, 0.3) is 56.5 Å². The molecule has 200 valence electrons. The van der Waals surface area contributed by atoms with E-state index in [9.17, 15) is 0 Å². The van der Waals surface area contributed by atoms with Gasteiger partial charge >= 0.3 is 0 Å². The van der Waals surface area contributed by atoms with Crippen molar-refractivity contribution in [1.29, 1.82) is 0 Å².